The van der Waals surface area contributed by atoms with Crippen LogP contribution in [0.2, 0.25) is 0 Å². The number of nitrogens with one attached hydrogen (secondary N) is 2. The number of thiocarbonyl (C=S) groups is 1. The molecule has 0 saturated heterocycles. The summed E-state index contributed by atoms with van der Waals surface area (Å²) in [7, 11) is 0. The number of amides is 1. The van der Waals surface area contributed by atoms with Gasteiger partial charge < -0.3 is 15.8 Å². The molecule has 0 heterocycles. The summed E-state index contributed by atoms with van der Waals surface area (Å²) in [5.74, 6) is 0. The van der Waals surface area contributed by atoms with E-state index in [2.05, 4.69) is 15.8 Å². The highest BCUT2D eigenvalue weighted by Gasteiger charge is 2.08. The maximum Gasteiger partial charge on any atom is 0.407 e. The number of hydrogen-bond donors (Lipinski definition) is 3. The fourth-order valence-electron chi connectivity index (χ4n) is 1.37. The number of nitrogens with two attached hydrogens (primary N) is 1. The first kappa shape index (κ1) is 15.9. The van der Waals surface area contributed by atoms with Crippen LogP contribution in [-0.2, 0) is 4.74 Å². The number of carbonyl (C=O) groups excluding carboxylic acids is 1. The molecule has 0 fully saturated rings. The van der Waals surface area contributed by atoms with Gasteiger partial charge in [-0.3, -0.25) is 5.43 Å². The largest absolute Gasteiger partial charge is 0.447 e. The third kappa shape index (κ3) is 6.14. The van der Waals surface area contributed by atoms with E-state index in [-0.39, 0.29) is 17.8 Å². The molecule has 4 N–H and O–H groups in total. The van der Waals surface area contributed by atoms with Gasteiger partial charge in [-0.05, 0) is 31.6 Å². The third-order valence-electron chi connectivity index (χ3n) is 2.15. The standard InChI is InChI=1S/C13H18N4O2S/c1-9(2)19-13(18)15-8-11(16-17-12(14)20)10-6-4-3-5-7-10/h3-7,9H,8H2,1-2H3,(H,15,18)(H3,14,17,20). The Bertz CT molecular complexity index is 488. The van der Waals surface area contributed by atoms with Crippen LogP contribution in [0.5, 0.6) is 0 Å². The molecular formula is C13H18N4O2S. The fraction of sp³-hybridized carbons (Fsp3) is 0.308. The van der Waals surface area contributed by atoms with Crippen LogP contribution >= 0.6 is 12.2 Å². The average molecular weight is 294 g/mol. The number of rotatable bonds is 5. The predicted molar refractivity (Wildman–Crippen MR) is 82.5 cm³/mol. The lowest BCUT2D eigenvalue weighted by Crippen LogP contribution is -2.34. The quantitative estimate of drug-likeness (QED) is 0.433. The molecule has 0 bridgehead atoms. The van der Waals surface area contributed by atoms with E-state index in [1.807, 2.05) is 30.3 Å². The van der Waals surface area contributed by atoms with Crippen LogP contribution in [0.25, 0.3) is 0 Å². The lowest BCUT2D eigenvalue weighted by molar-refractivity contribution is 0.117. The topological polar surface area (TPSA) is 88.7 Å². The van der Waals surface area contributed by atoms with E-state index < -0.39 is 6.09 Å². The second kappa shape index (κ2) is 8.11. The summed E-state index contributed by atoms with van der Waals surface area (Å²) >= 11 is 4.70. The monoisotopic (exact) mass is 294 g/mol. The van der Waals surface area contributed by atoms with Gasteiger partial charge in [-0.15, -0.1) is 0 Å². The van der Waals surface area contributed by atoms with Gasteiger partial charge in [-0.1, -0.05) is 30.3 Å². The van der Waals surface area contributed by atoms with Crippen molar-refractivity contribution in [1.82, 2.24) is 10.7 Å². The van der Waals surface area contributed by atoms with E-state index >= 15 is 0 Å². The molecule has 1 aromatic rings. The number of nitrogens with zero attached hydrogens (tertiary/aromatic N) is 1. The van der Waals surface area contributed by atoms with Gasteiger partial charge >= 0.3 is 6.09 Å². The molecule has 1 amide bonds. The summed E-state index contributed by atoms with van der Waals surface area (Å²) < 4.78 is 4.99. The summed E-state index contributed by atoms with van der Waals surface area (Å²) in [6.45, 7) is 3.76. The van der Waals surface area contributed by atoms with E-state index in [0.29, 0.717) is 5.71 Å². The highest BCUT2D eigenvalue weighted by atomic mass is 32.1. The van der Waals surface area contributed by atoms with Crippen LogP contribution in [0.15, 0.2) is 35.4 Å². The Morgan fingerprint density at radius 3 is 2.60 bits per heavy atom. The molecule has 0 radical (unpaired) electrons. The molecule has 108 valence electrons. The number of hydrazone groups is 1. The summed E-state index contributed by atoms with van der Waals surface area (Å²) in [5, 5.41) is 6.75. The molecule has 0 aliphatic heterocycles. The van der Waals surface area contributed by atoms with Gasteiger partial charge in [-0.2, -0.15) is 5.10 Å². The Morgan fingerprint density at radius 1 is 1.40 bits per heavy atom. The van der Waals surface area contributed by atoms with E-state index in [1.54, 1.807) is 13.8 Å². The van der Waals surface area contributed by atoms with Crippen molar-refractivity contribution in [3.63, 3.8) is 0 Å². The maximum atomic E-state index is 11.5. The summed E-state index contributed by atoms with van der Waals surface area (Å²) in [6.07, 6.45) is -0.680. The molecule has 20 heavy (non-hydrogen) atoms. The van der Waals surface area contributed by atoms with Crippen LogP contribution in [0, 0.1) is 0 Å². The SMILES string of the molecule is CC(C)OC(=O)NCC(=NNC(N)=S)c1ccccc1. The summed E-state index contributed by atoms with van der Waals surface area (Å²) in [5.41, 5.74) is 9.30. The van der Waals surface area contributed by atoms with Gasteiger partial charge in [0.2, 0.25) is 0 Å². The first-order valence-corrected chi connectivity index (χ1v) is 6.51. The number of ether oxygens (including phenoxy) is 1. The Kier molecular flexibility index (Phi) is 6.45. The Morgan fingerprint density at radius 2 is 2.05 bits per heavy atom. The van der Waals surface area contributed by atoms with Crippen molar-refractivity contribution in [2.45, 2.75) is 20.0 Å². The highest BCUT2D eigenvalue weighted by Crippen LogP contribution is 2.00. The summed E-state index contributed by atoms with van der Waals surface area (Å²) in [4.78, 5) is 11.5. The van der Waals surface area contributed by atoms with Crippen molar-refractivity contribution in [2.24, 2.45) is 10.8 Å². The van der Waals surface area contributed by atoms with E-state index in [0.717, 1.165) is 5.56 Å². The molecule has 7 heteroatoms. The van der Waals surface area contributed by atoms with E-state index in [4.69, 9.17) is 22.7 Å². The van der Waals surface area contributed by atoms with Crippen molar-refractivity contribution >= 4 is 29.1 Å². The normalized spacial score (nSPS) is 11.1. The molecule has 1 rings (SSSR count). The van der Waals surface area contributed by atoms with Crippen LogP contribution in [0.3, 0.4) is 0 Å². The first-order chi connectivity index (χ1) is 9.49. The van der Waals surface area contributed by atoms with Crippen LogP contribution in [-0.4, -0.2) is 29.6 Å². The van der Waals surface area contributed by atoms with Crippen molar-refractivity contribution < 1.29 is 9.53 Å². The lowest BCUT2D eigenvalue weighted by Gasteiger charge is -2.11. The second-order valence-corrected chi connectivity index (χ2v) is 4.65. The zero-order chi connectivity index (χ0) is 15.0. The van der Waals surface area contributed by atoms with Crippen molar-refractivity contribution in [3.05, 3.63) is 35.9 Å². The second-order valence-electron chi connectivity index (χ2n) is 4.21. The smallest absolute Gasteiger partial charge is 0.407 e. The molecule has 0 saturated carbocycles. The number of hydrogen-bond acceptors (Lipinski definition) is 4. The van der Waals surface area contributed by atoms with Gasteiger partial charge in [0.1, 0.15) is 0 Å². The number of carbonyl (C=O) groups is 1. The molecule has 0 spiro atoms. The molecule has 1 aromatic carbocycles. The van der Waals surface area contributed by atoms with Crippen molar-refractivity contribution in [3.8, 4) is 0 Å². The van der Waals surface area contributed by atoms with Gasteiger partial charge in [0.15, 0.2) is 5.11 Å². The molecule has 0 unspecified atom stereocenters. The molecule has 0 aromatic heterocycles. The predicted octanol–water partition coefficient (Wildman–Crippen LogP) is 1.36. The van der Waals surface area contributed by atoms with E-state index in [1.165, 1.54) is 0 Å². The Labute approximate surface area is 123 Å². The van der Waals surface area contributed by atoms with Crippen molar-refractivity contribution in [2.75, 3.05) is 6.54 Å². The molecule has 0 atom stereocenters. The zero-order valence-corrected chi connectivity index (χ0v) is 12.2. The van der Waals surface area contributed by atoms with Crippen LogP contribution < -0.4 is 16.5 Å². The summed E-state index contributed by atoms with van der Waals surface area (Å²) in [6, 6.07) is 9.38. The van der Waals surface area contributed by atoms with Crippen molar-refractivity contribution in [1.29, 1.82) is 0 Å². The van der Waals surface area contributed by atoms with Gasteiger partial charge in [0.25, 0.3) is 0 Å². The van der Waals surface area contributed by atoms with Gasteiger partial charge in [-0.25, -0.2) is 4.79 Å². The minimum Gasteiger partial charge on any atom is -0.447 e. The minimum absolute atomic E-state index is 0.0585. The fourth-order valence-corrected chi connectivity index (χ4v) is 1.42. The minimum atomic E-state index is -0.501. The molecular weight excluding hydrogens is 276 g/mol. The average Bonchev–Trinajstić information content (AvgIpc) is 2.38. The van der Waals surface area contributed by atoms with Gasteiger partial charge in [0, 0.05) is 0 Å². The molecule has 6 nitrogen and oxygen atoms in total. The van der Waals surface area contributed by atoms with Gasteiger partial charge in [0.05, 0.1) is 18.4 Å². The van der Waals surface area contributed by atoms with Crippen LogP contribution in [0.4, 0.5) is 4.79 Å². The number of benzene rings is 1. The first-order valence-electron chi connectivity index (χ1n) is 6.11. The molecule has 0 aliphatic rings. The van der Waals surface area contributed by atoms with E-state index in [9.17, 15) is 4.79 Å². The zero-order valence-electron chi connectivity index (χ0n) is 11.4. The number of alkyl carbamates (subject to hydrolysis) is 1. The van der Waals surface area contributed by atoms with Crippen LogP contribution in [0.1, 0.15) is 19.4 Å². The third-order valence-corrected chi connectivity index (χ3v) is 2.24. The maximum absolute atomic E-state index is 11.5. The molecule has 0 aliphatic carbocycles. The highest BCUT2D eigenvalue weighted by molar-refractivity contribution is 7.80. The Balaban J connectivity index is 2.72. The lowest BCUT2D eigenvalue weighted by atomic mass is 10.1. The Hall–Kier alpha value is -2.15.